The molecule has 0 saturated heterocycles. The fraction of sp³-hybridized carbons (Fsp3) is 0.267. The summed E-state index contributed by atoms with van der Waals surface area (Å²) >= 11 is 3.43. The number of aromatic nitrogens is 1. The van der Waals surface area contributed by atoms with E-state index < -0.39 is 0 Å². The van der Waals surface area contributed by atoms with E-state index >= 15 is 0 Å². The van der Waals surface area contributed by atoms with Gasteiger partial charge in [-0.25, -0.2) is 0 Å². The fourth-order valence-electron chi connectivity index (χ4n) is 2.58. The number of aryl methyl sites for hydroxylation is 1. The van der Waals surface area contributed by atoms with E-state index in [1.165, 1.54) is 23.2 Å². The third-order valence-corrected chi connectivity index (χ3v) is 4.03. The van der Waals surface area contributed by atoms with Crippen LogP contribution in [0.5, 0.6) is 0 Å². The Morgan fingerprint density at radius 2 is 1.83 bits per heavy atom. The van der Waals surface area contributed by atoms with Gasteiger partial charge in [-0.05, 0) is 42.5 Å². The summed E-state index contributed by atoms with van der Waals surface area (Å²) in [4.78, 5) is 12.0. The summed E-state index contributed by atoms with van der Waals surface area (Å²) in [5.74, 6) is 0. The van der Waals surface area contributed by atoms with Crippen LogP contribution in [0.25, 0.3) is 0 Å². The molecule has 0 bridgehead atoms. The first kappa shape index (κ1) is 11.7. The number of benzene rings is 1. The number of hydrogen-bond donors (Lipinski definition) is 0. The average Bonchev–Trinajstić information content (AvgIpc) is 2.84. The van der Waals surface area contributed by atoms with E-state index in [9.17, 15) is 4.79 Å². The van der Waals surface area contributed by atoms with Gasteiger partial charge in [-0.2, -0.15) is 0 Å². The lowest BCUT2D eigenvalue weighted by molar-refractivity contribution is 0.707. The first-order valence-corrected chi connectivity index (χ1v) is 6.99. The van der Waals surface area contributed by atoms with E-state index in [-0.39, 0.29) is 5.56 Å². The van der Waals surface area contributed by atoms with Crippen LogP contribution in [0, 0.1) is 0 Å². The fourth-order valence-corrected chi connectivity index (χ4v) is 2.84. The highest BCUT2D eigenvalue weighted by atomic mass is 79.9. The molecule has 0 radical (unpaired) electrons. The third-order valence-electron chi connectivity index (χ3n) is 3.50. The maximum atomic E-state index is 12.0. The zero-order valence-electron chi connectivity index (χ0n) is 10.0. The highest BCUT2D eigenvalue weighted by molar-refractivity contribution is 9.10. The molecular weight excluding hydrogens is 290 g/mol. The van der Waals surface area contributed by atoms with Gasteiger partial charge >= 0.3 is 0 Å². The number of fused-ring (bicyclic) bond motifs is 1. The molecular formula is C15H14BrNO. The van der Waals surface area contributed by atoms with Crippen molar-refractivity contribution in [3.8, 4) is 0 Å². The molecule has 0 spiro atoms. The summed E-state index contributed by atoms with van der Waals surface area (Å²) in [7, 11) is 0. The van der Waals surface area contributed by atoms with Crippen molar-refractivity contribution in [2.24, 2.45) is 0 Å². The minimum atomic E-state index is 0.110. The lowest BCUT2D eigenvalue weighted by Crippen LogP contribution is -2.23. The Labute approximate surface area is 114 Å². The quantitative estimate of drug-likeness (QED) is 0.835. The Morgan fingerprint density at radius 3 is 2.61 bits per heavy atom. The van der Waals surface area contributed by atoms with Gasteiger partial charge in [-0.3, -0.25) is 4.79 Å². The van der Waals surface area contributed by atoms with Crippen molar-refractivity contribution in [3.63, 3.8) is 0 Å². The molecule has 1 aliphatic carbocycles. The molecule has 2 aromatic rings. The second kappa shape index (κ2) is 4.73. The molecule has 1 aromatic carbocycles. The van der Waals surface area contributed by atoms with Gasteiger partial charge in [0.1, 0.15) is 0 Å². The van der Waals surface area contributed by atoms with Crippen molar-refractivity contribution >= 4 is 15.9 Å². The van der Waals surface area contributed by atoms with Crippen molar-refractivity contribution in [3.05, 3.63) is 68.0 Å². The van der Waals surface area contributed by atoms with Gasteiger partial charge in [0.2, 0.25) is 0 Å². The van der Waals surface area contributed by atoms with Crippen LogP contribution in [-0.2, 0) is 19.4 Å². The Bertz CT molecular complexity index is 628. The Morgan fingerprint density at radius 1 is 1.06 bits per heavy atom. The van der Waals surface area contributed by atoms with Gasteiger partial charge in [-0.1, -0.05) is 34.1 Å². The van der Waals surface area contributed by atoms with Gasteiger partial charge in [0, 0.05) is 16.2 Å². The molecule has 1 aromatic heterocycles. The van der Waals surface area contributed by atoms with E-state index in [1.807, 2.05) is 22.8 Å². The number of rotatable bonds is 2. The molecule has 3 rings (SSSR count). The smallest absolute Gasteiger partial charge is 0.251 e. The third kappa shape index (κ3) is 2.15. The van der Waals surface area contributed by atoms with Crippen LogP contribution in [0.3, 0.4) is 0 Å². The molecule has 0 amide bonds. The summed E-state index contributed by atoms with van der Waals surface area (Å²) in [5, 5.41) is 0. The summed E-state index contributed by atoms with van der Waals surface area (Å²) in [6, 6.07) is 11.8. The minimum absolute atomic E-state index is 0.110. The maximum absolute atomic E-state index is 12.0. The second-order valence-corrected chi connectivity index (χ2v) is 5.63. The number of pyridine rings is 1. The number of halogens is 1. The van der Waals surface area contributed by atoms with Crippen molar-refractivity contribution in [1.82, 2.24) is 4.57 Å². The number of hydrogen-bond acceptors (Lipinski definition) is 1. The molecule has 0 N–H and O–H groups in total. The average molecular weight is 304 g/mol. The highest BCUT2D eigenvalue weighted by Gasteiger charge is 2.15. The van der Waals surface area contributed by atoms with Crippen LogP contribution in [0.15, 0.2) is 45.7 Å². The largest absolute Gasteiger partial charge is 0.308 e. The first-order chi connectivity index (χ1) is 8.74. The molecule has 92 valence electrons. The number of nitrogens with zero attached hydrogens (tertiary/aromatic N) is 1. The van der Waals surface area contributed by atoms with E-state index in [0.29, 0.717) is 6.54 Å². The van der Waals surface area contributed by atoms with Crippen LogP contribution >= 0.6 is 15.9 Å². The summed E-state index contributed by atoms with van der Waals surface area (Å²) in [6.07, 6.45) is 3.30. The minimum Gasteiger partial charge on any atom is -0.308 e. The molecule has 2 nitrogen and oxygen atoms in total. The topological polar surface area (TPSA) is 22.0 Å². The van der Waals surface area contributed by atoms with Crippen molar-refractivity contribution < 1.29 is 0 Å². The normalized spacial score (nSPS) is 13.6. The SMILES string of the molecule is O=c1ccc2c(n1Cc1ccc(Br)cc1)CCC2. The summed E-state index contributed by atoms with van der Waals surface area (Å²) in [6.45, 7) is 0.676. The van der Waals surface area contributed by atoms with Crippen LogP contribution in [0.1, 0.15) is 23.2 Å². The predicted octanol–water partition coefficient (Wildman–Crippen LogP) is 3.15. The molecule has 0 aliphatic heterocycles. The molecule has 0 fully saturated rings. The summed E-state index contributed by atoms with van der Waals surface area (Å²) < 4.78 is 2.99. The molecule has 0 saturated carbocycles. The van der Waals surface area contributed by atoms with Gasteiger partial charge in [0.15, 0.2) is 0 Å². The van der Waals surface area contributed by atoms with E-state index in [2.05, 4.69) is 28.1 Å². The van der Waals surface area contributed by atoms with Gasteiger partial charge < -0.3 is 4.57 Å². The van der Waals surface area contributed by atoms with Gasteiger partial charge in [0.25, 0.3) is 5.56 Å². The van der Waals surface area contributed by atoms with Crippen LogP contribution in [0.4, 0.5) is 0 Å². The van der Waals surface area contributed by atoms with Crippen LogP contribution < -0.4 is 5.56 Å². The first-order valence-electron chi connectivity index (χ1n) is 6.20. The molecule has 0 unspecified atom stereocenters. The molecule has 1 heterocycles. The molecule has 18 heavy (non-hydrogen) atoms. The van der Waals surface area contributed by atoms with Crippen LogP contribution in [0.2, 0.25) is 0 Å². The molecule has 3 heteroatoms. The summed E-state index contributed by atoms with van der Waals surface area (Å²) in [5.41, 5.74) is 3.84. The second-order valence-electron chi connectivity index (χ2n) is 4.71. The van der Waals surface area contributed by atoms with Gasteiger partial charge in [-0.15, -0.1) is 0 Å². The standard InChI is InChI=1S/C15H14BrNO/c16-13-7-4-11(5-8-13)10-17-14-3-1-2-12(14)6-9-15(17)18/h4-9H,1-3,10H2. The lowest BCUT2D eigenvalue weighted by Gasteiger charge is -2.12. The van der Waals surface area contributed by atoms with Crippen molar-refractivity contribution in [1.29, 1.82) is 0 Å². The molecule has 1 aliphatic rings. The van der Waals surface area contributed by atoms with E-state index in [1.54, 1.807) is 6.07 Å². The zero-order chi connectivity index (χ0) is 12.5. The van der Waals surface area contributed by atoms with Crippen molar-refractivity contribution in [2.75, 3.05) is 0 Å². The van der Waals surface area contributed by atoms with Crippen LogP contribution in [-0.4, -0.2) is 4.57 Å². The predicted molar refractivity (Wildman–Crippen MR) is 76.0 cm³/mol. The molecule has 0 atom stereocenters. The Hall–Kier alpha value is -1.35. The highest BCUT2D eigenvalue weighted by Crippen LogP contribution is 2.21. The zero-order valence-corrected chi connectivity index (χ0v) is 11.6. The van der Waals surface area contributed by atoms with Gasteiger partial charge in [0.05, 0.1) is 6.54 Å². The van der Waals surface area contributed by atoms with E-state index in [4.69, 9.17) is 0 Å². The van der Waals surface area contributed by atoms with Crippen molar-refractivity contribution in [2.45, 2.75) is 25.8 Å². The maximum Gasteiger partial charge on any atom is 0.251 e. The Balaban J connectivity index is 2.00. The monoisotopic (exact) mass is 303 g/mol. The lowest BCUT2D eigenvalue weighted by atomic mass is 10.2. The Kier molecular flexibility index (Phi) is 3.08. The van der Waals surface area contributed by atoms with E-state index in [0.717, 1.165) is 17.3 Å².